The van der Waals surface area contributed by atoms with Gasteiger partial charge in [0.1, 0.15) is 0 Å². The summed E-state index contributed by atoms with van der Waals surface area (Å²) in [6, 6.07) is 0. The van der Waals surface area contributed by atoms with E-state index in [0.29, 0.717) is 0 Å². The SMILES string of the molecule is CC(C)CCCCCCCCCSCCCCCCCCCC(C)C. The maximum absolute atomic E-state index is 2.34. The van der Waals surface area contributed by atoms with Crippen LogP contribution < -0.4 is 0 Å². The Hall–Kier alpha value is 0.350. The molecule has 152 valence electrons. The number of hydrogen-bond donors (Lipinski definition) is 0. The van der Waals surface area contributed by atoms with Gasteiger partial charge in [-0.15, -0.1) is 0 Å². The molecule has 0 aromatic carbocycles. The summed E-state index contributed by atoms with van der Waals surface area (Å²) in [6.45, 7) is 9.36. The molecule has 0 bridgehead atoms. The highest BCUT2D eigenvalue weighted by Gasteiger charge is 1.97. The Morgan fingerprint density at radius 2 is 0.680 bits per heavy atom. The first kappa shape index (κ1) is 25.4. The van der Waals surface area contributed by atoms with Crippen LogP contribution in [0.1, 0.15) is 130 Å². The van der Waals surface area contributed by atoms with Crippen LogP contribution in [-0.2, 0) is 0 Å². The summed E-state index contributed by atoms with van der Waals surface area (Å²) >= 11 is 2.20. The van der Waals surface area contributed by atoms with E-state index in [2.05, 4.69) is 39.5 Å². The second-order valence-electron chi connectivity index (χ2n) is 8.93. The van der Waals surface area contributed by atoms with Crippen LogP contribution >= 0.6 is 11.8 Å². The van der Waals surface area contributed by atoms with E-state index in [1.807, 2.05) is 0 Å². The molecule has 0 unspecified atom stereocenters. The Balaban J connectivity index is 2.98. The van der Waals surface area contributed by atoms with Crippen molar-refractivity contribution in [3.05, 3.63) is 0 Å². The summed E-state index contributed by atoms with van der Waals surface area (Å²) in [6.07, 6.45) is 23.3. The average molecular weight is 371 g/mol. The Labute approximate surface area is 165 Å². The van der Waals surface area contributed by atoms with E-state index < -0.39 is 0 Å². The van der Waals surface area contributed by atoms with Gasteiger partial charge in [0.15, 0.2) is 0 Å². The van der Waals surface area contributed by atoms with Crippen LogP contribution in [0.2, 0.25) is 0 Å². The Kier molecular flexibility index (Phi) is 20.9. The zero-order valence-corrected chi connectivity index (χ0v) is 19.1. The summed E-state index contributed by atoms with van der Waals surface area (Å²) in [5.74, 6) is 4.60. The van der Waals surface area contributed by atoms with Gasteiger partial charge in [0.25, 0.3) is 0 Å². The van der Waals surface area contributed by atoms with Crippen LogP contribution in [0.15, 0.2) is 0 Å². The van der Waals surface area contributed by atoms with E-state index in [1.165, 1.54) is 114 Å². The van der Waals surface area contributed by atoms with Gasteiger partial charge in [0.05, 0.1) is 0 Å². The summed E-state index contributed by atoms with van der Waals surface area (Å²) in [7, 11) is 0. The maximum atomic E-state index is 2.34. The number of hydrogen-bond acceptors (Lipinski definition) is 1. The van der Waals surface area contributed by atoms with Crippen molar-refractivity contribution in [2.45, 2.75) is 130 Å². The van der Waals surface area contributed by atoms with Crippen molar-refractivity contribution in [3.8, 4) is 0 Å². The molecule has 0 heterocycles. The average Bonchev–Trinajstić information content (AvgIpc) is 2.56. The molecule has 0 aliphatic rings. The van der Waals surface area contributed by atoms with Gasteiger partial charge in [0.2, 0.25) is 0 Å². The van der Waals surface area contributed by atoms with Gasteiger partial charge in [-0.1, -0.05) is 118 Å². The maximum Gasteiger partial charge on any atom is -0.00675 e. The van der Waals surface area contributed by atoms with E-state index in [0.717, 1.165) is 11.8 Å². The molecular weight excluding hydrogens is 320 g/mol. The van der Waals surface area contributed by atoms with Crippen LogP contribution in [0.3, 0.4) is 0 Å². The number of thioether (sulfide) groups is 1. The number of rotatable bonds is 20. The standard InChI is InChI=1S/C24H50S/c1-23(2)19-15-11-7-5-9-13-17-21-25-22-18-14-10-6-8-12-16-20-24(3)4/h23-24H,5-22H2,1-4H3. The second-order valence-corrected chi connectivity index (χ2v) is 10.2. The van der Waals surface area contributed by atoms with Crippen molar-refractivity contribution in [2.75, 3.05) is 11.5 Å². The Morgan fingerprint density at radius 3 is 1.00 bits per heavy atom. The van der Waals surface area contributed by atoms with Gasteiger partial charge < -0.3 is 0 Å². The molecule has 0 fully saturated rings. The van der Waals surface area contributed by atoms with Crippen molar-refractivity contribution < 1.29 is 0 Å². The highest BCUT2D eigenvalue weighted by atomic mass is 32.2. The molecule has 0 aliphatic carbocycles. The lowest BCUT2D eigenvalue weighted by Crippen LogP contribution is -1.89. The minimum absolute atomic E-state index is 0.895. The lowest BCUT2D eigenvalue weighted by atomic mass is 10.0. The molecular formula is C24H50S. The summed E-state index contributed by atoms with van der Waals surface area (Å²) in [5, 5.41) is 0. The molecule has 0 rings (SSSR count). The third-order valence-corrected chi connectivity index (χ3v) is 6.29. The molecule has 25 heavy (non-hydrogen) atoms. The van der Waals surface area contributed by atoms with E-state index in [4.69, 9.17) is 0 Å². The van der Waals surface area contributed by atoms with Crippen LogP contribution in [0.25, 0.3) is 0 Å². The van der Waals surface area contributed by atoms with Gasteiger partial charge in [-0.2, -0.15) is 11.8 Å². The third-order valence-electron chi connectivity index (χ3n) is 5.14. The lowest BCUT2D eigenvalue weighted by Gasteiger charge is -2.05. The molecule has 0 N–H and O–H groups in total. The van der Waals surface area contributed by atoms with Crippen LogP contribution in [-0.4, -0.2) is 11.5 Å². The first-order chi connectivity index (χ1) is 12.1. The zero-order chi connectivity index (χ0) is 18.6. The van der Waals surface area contributed by atoms with E-state index in [-0.39, 0.29) is 0 Å². The quantitative estimate of drug-likeness (QED) is 0.192. The molecule has 0 saturated carbocycles. The minimum atomic E-state index is 0.895. The molecule has 0 aliphatic heterocycles. The normalized spacial score (nSPS) is 11.8. The third kappa shape index (κ3) is 24.4. The van der Waals surface area contributed by atoms with E-state index in [9.17, 15) is 0 Å². The van der Waals surface area contributed by atoms with E-state index >= 15 is 0 Å². The largest absolute Gasteiger partial charge is 0.162 e. The Morgan fingerprint density at radius 1 is 0.400 bits per heavy atom. The highest BCUT2D eigenvalue weighted by molar-refractivity contribution is 7.99. The molecule has 0 spiro atoms. The summed E-state index contributed by atoms with van der Waals surface area (Å²) < 4.78 is 0. The van der Waals surface area contributed by atoms with Crippen LogP contribution in [0, 0.1) is 11.8 Å². The fraction of sp³-hybridized carbons (Fsp3) is 1.00. The molecule has 0 aromatic heterocycles. The molecule has 1 heteroatoms. The molecule has 0 nitrogen and oxygen atoms in total. The lowest BCUT2D eigenvalue weighted by molar-refractivity contribution is 0.511. The molecule has 0 aromatic rings. The first-order valence-electron chi connectivity index (χ1n) is 11.7. The van der Waals surface area contributed by atoms with E-state index in [1.54, 1.807) is 0 Å². The zero-order valence-electron chi connectivity index (χ0n) is 18.3. The molecule has 0 radical (unpaired) electrons. The fourth-order valence-corrected chi connectivity index (χ4v) is 4.40. The Bertz CT molecular complexity index is 210. The highest BCUT2D eigenvalue weighted by Crippen LogP contribution is 2.15. The topological polar surface area (TPSA) is 0 Å². The van der Waals surface area contributed by atoms with Gasteiger partial charge in [-0.3, -0.25) is 0 Å². The summed E-state index contributed by atoms with van der Waals surface area (Å²) in [4.78, 5) is 0. The van der Waals surface area contributed by atoms with Gasteiger partial charge >= 0.3 is 0 Å². The van der Waals surface area contributed by atoms with Crippen LogP contribution in [0.4, 0.5) is 0 Å². The monoisotopic (exact) mass is 370 g/mol. The fourth-order valence-electron chi connectivity index (χ4n) is 3.38. The second kappa shape index (κ2) is 20.7. The number of unbranched alkanes of at least 4 members (excludes halogenated alkanes) is 12. The summed E-state index contributed by atoms with van der Waals surface area (Å²) in [5.41, 5.74) is 0. The van der Waals surface area contributed by atoms with Crippen molar-refractivity contribution in [1.82, 2.24) is 0 Å². The van der Waals surface area contributed by atoms with Crippen molar-refractivity contribution in [2.24, 2.45) is 11.8 Å². The van der Waals surface area contributed by atoms with Gasteiger partial charge in [-0.25, -0.2) is 0 Å². The smallest absolute Gasteiger partial charge is 0.00675 e. The molecule has 0 amide bonds. The van der Waals surface area contributed by atoms with Gasteiger partial charge in [0, 0.05) is 0 Å². The predicted octanol–water partition coefficient (Wildman–Crippen LogP) is 9.27. The van der Waals surface area contributed by atoms with Gasteiger partial charge in [-0.05, 0) is 36.2 Å². The first-order valence-corrected chi connectivity index (χ1v) is 12.9. The van der Waals surface area contributed by atoms with Crippen LogP contribution in [0.5, 0.6) is 0 Å². The van der Waals surface area contributed by atoms with Crippen molar-refractivity contribution >= 4 is 11.8 Å². The predicted molar refractivity (Wildman–Crippen MR) is 121 cm³/mol. The van der Waals surface area contributed by atoms with Crippen molar-refractivity contribution in [1.29, 1.82) is 0 Å². The van der Waals surface area contributed by atoms with Crippen molar-refractivity contribution in [3.63, 3.8) is 0 Å². The molecule has 0 atom stereocenters. The minimum Gasteiger partial charge on any atom is -0.162 e. The molecule has 0 saturated heterocycles.